The van der Waals surface area contributed by atoms with Gasteiger partial charge in [0, 0.05) is 21.8 Å². The number of carbonyl (C=O) groups is 1. The molecule has 0 heterocycles. The second kappa shape index (κ2) is 6.17. The second-order valence-corrected chi connectivity index (χ2v) is 5.08. The van der Waals surface area contributed by atoms with Crippen molar-refractivity contribution in [2.45, 2.75) is 6.61 Å². The highest BCUT2D eigenvalue weighted by atomic mass is 79.9. The minimum absolute atomic E-state index is 0.138. The summed E-state index contributed by atoms with van der Waals surface area (Å²) in [4.78, 5) is 11.8. The zero-order chi connectivity index (χ0) is 15.6. The lowest BCUT2D eigenvalue weighted by Gasteiger charge is -2.08. The Kier molecular flexibility index (Phi) is 4.52. The number of nitrogen functional groups attached to an aromatic ring is 1. The van der Waals surface area contributed by atoms with Crippen LogP contribution in [0.15, 0.2) is 34.8 Å². The number of halogens is 4. The molecule has 0 atom stereocenters. The first-order valence-electron chi connectivity index (χ1n) is 5.74. The molecule has 110 valence electrons. The first-order valence-corrected chi connectivity index (χ1v) is 6.53. The Balaban J connectivity index is 2.15. The number of nitrogens with two attached hydrogens (primary N) is 1. The molecule has 0 fully saturated rings. The third-order valence-electron chi connectivity index (χ3n) is 2.68. The highest BCUT2D eigenvalue weighted by Gasteiger charge is 2.16. The summed E-state index contributed by atoms with van der Waals surface area (Å²) in [5.74, 6) is -3.90. The van der Waals surface area contributed by atoms with Crippen LogP contribution in [0.1, 0.15) is 15.9 Å². The summed E-state index contributed by atoms with van der Waals surface area (Å²) in [6, 6.07) is 5.47. The van der Waals surface area contributed by atoms with E-state index in [4.69, 9.17) is 10.5 Å². The molecule has 0 saturated heterocycles. The Morgan fingerprint density at radius 1 is 1.10 bits per heavy atom. The molecule has 3 nitrogen and oxygen atoms in total. The predicted octanol–water partition coefficient (Wildman–Crippen LogP) is 3.81. The van der Waals surface area contributed by atoms with Crippen LogP contribution in [-0.2, 0) is 11.3 Å². The van der Waals surface area contributed by atoms with Crippen LogP contribution in [0, 0.1) is 17.5 Å². The molecular formula is C14H9BrF3NO2. The first-order chi connectivity index (χ1) is 9.88. The Labute approximate surface area is 126 Å². The zero-order valence-electron chi connectivity index (χ0n) is 10.5. The van der Waals surface area contributed by atoms with Crippen LogP contribution in [0.3, 0.4) is 0 Å². The van der Waals surface area contributed by atoms with E-state index in [0.717, 1.165) is 0 Å². The van der Waals surface area contributed by atoms with Gasteiger partial charge in [0.25, 0.3) is 0 Å². The number of benzene rings is 2. The second-order valence-electron chi connectivity index (χ2n) is 4.17. The topological polar surface area (TPSA) is 52.3 Å². The van der Waals surface area contributed by atoms with E-state index in [0.29, 0.717) is 16.6 Å². The Hall–Kier alpha value is -2.02. The first kappa shape index (κ1) is 15.4. The quantitative estimate of drug-likeness (QED) is 0.669. The molecular weight excluding hydrogens is 351 g/mol. The van der Waals surface area contributed by atoms with Crippen LogP contribution in [-0.4, -0.2) is 5.97 Å². The highest BCUT2D eigenvalue weighted by Crippen LogP contribution is 2.20. The number of rotatable bonds is 3. The van der Waals surface area contributed by atoms with Crippen LogP contribution >= 0.6 is 15.9 Å². The summed E-state index contributed by atoms with van der Waals surface area (Å²) in [6.07, 6.45) is 0. The molecule has 21 heavy (non-hydrogen) atoms. The van der Waals surface area contributed by atoms with E-state index in [9.17, 15) is 18.0 Å². The minimum Gasteiger partial charge on any atom is -0.457 e. The number of esters is 1. The zero-order valence-corrected chi connectivity index (χ0v) is 12.1. The van der Waals surface area contributed by atoms with Crippen molar-refractivity contribution in [3.8, 4) is 0 Å². The van der Waals surface area contributed by atoms with Crippen molar-refractivity contribution in [2.24, 2.45) is 0 Å². The van der Waals surface area contributed by atoms with Crippen LogP contribution in [0.4, 0.5) is 18.9 Å². The van der Waals surface area contributed by atoms with Gasteiger partial charge in [0.2, 0.25) is 0 Å². The van der Waals surface area contributed by atoms with E-state index in [1.165, 1.54) is 18.2 Å². The lowest BCUT2D eigenvalue weighted by atomic mass is 10.1. The molecule has 7 heteroatoms. The van der Waals surface area contributed by atoms with Crippen molar-refractivity contribution in [3.05, 3.63) is 63.4 Å². The van der Waals surface area contributed by atoms with E-state index in [-0.39, 0.29) is 23.4 Å². The molecule has 0 bridgehead atoms. The van der Waals surface area contributed by atoms with Crippen molar-refractivity contribution < 1.29 is 22.7 Å². The minimum atomic E-state index is -1.22. The number of carbonyl (C=O) groups excluding carboxylic acids is 1. The molecule has 2 aromatic rings. The molecule has 0 saturated carbocycles. The predicted molar refractivity (Wildman–Crippen MR) is 74.0 cm³/mol. The third-order valence-corrected chi connectivity index (χ3v) is 3.17. The fourth-order valence-corrected chi connectivity index (χ4v) is 2.02. The van der Waals surface area contributed by atoms with E-state index < -0.39 is 23.4 Å². The lowest BCUT2D eigenvalue weighted by molar-refractivity contribution is 0.0469. The third kappa shape index (κ3) is 3.55. The molecule has 0 aliphatic rings. The molecule has 0 unspecified atom stereocenters. The summed E-state index contributed by atoms with van der Waals surface area (Å²) in [5, 5.41) is 0. The molecule has 2 N–H and O–H groups in total. The highest BCUT2D eigenvalue weighted by molar-refractivity contribution is 9.10. The molecule has 0 amide bonds. The number of anilines is 1. The van der Waals surface area contributed by atoms with Gasteiger partial charge in [-0.2, -0.15) is 0 Å². The van der Waals surface area contributed by atoms with E-state index >= 15 is 0 Å². The molecule has 2 aromatic carbocycles. The van der Waals surface area contributed by atoms with Crippen LogP contribution in [0.25, 0.3) is 0 Å². The maximum Gasteiger partial charge on any atom is 0.340 e. The van der Waals surface area contributed by atoms with Crippen molar-refractivity contribution in [3.63, 3.8) is 0 Å². The van der Waals surface area contributed by atoms with Crippen molar-refractivity contribution >= 4 is 27.6 Å². The molecule has 0 aliphatic carbocycles. The van der Waals surface area contributed by atoms with Gasteiger partial charge in [0.15, 0.2) is 11.6 Å². The number of hydrogen-bond donors (Lipinski definition) is 1. The van der Waals surface area contributed by atoms with Crippen molar-refractivity contribution in [2.75, 3.05) is 5.73 Å². The van der Waals surface area contributed by atoms with Gasteiger partial charge in [0.05, 0.1) is 5.56 Å². The van der Waals surface area contributed by atoms with Gasteiger partial charge in [0.1, 0.15) is 12.4 Å². The average molecular weight is 360 g/mol. The molecule has 0 spiro atoms. The van der Waals surface area contributed by atoms with Crippen LogP contribution < -0.4 is 5.73 Å². The monoisotopic (exact) mass is 359 g/mol. The van der Waals surface area contributed by atoms with Gasteiger partial charge >= 0.3 is 5.97 Å². The maximum absolute atomic E-state index is 13.5. The van der Waals surface area contributed by atoms with Gasteiger partial charge in [-0.3, -0.25) is 0 Å². The SMILES string of the molecule is Nc1cc(F)c(F)cc1C(=O)OCc1cc(Br)ccc1F. The molecule has 0 radical (unpaired) electrons. The lowest BCUT2D eigenvalue weighted by Crippen LogP contribution is -2.10. The van der Waals surface area contributed by atoms with Crippen molar-refractivity contribution in [1.82, 2.24) is 0 Å². The normalized spacial score (nSPS) is 10.5. The fourth-order valence-electron chi connectivity index (χ4n) is 1.61. The Morgan fingerprint density at radius 2 is 1.76 bits per heavy atom. The largest absolute Gasteiger partial charge is 0.457 e. The molecule has 0 aromatic heterocycles. The summed E-state index contributed by atoms with van der Waals surface area (Å²) >= 11 is 3.16. The molecule has 2 rings (SSSR count). The van der Waals surface area contributed by atoms with Gasteiger partial charge < -0.3 is 10.5 Å². The van der Waals surface area contributed by atoms with Gasteiger partial charge in [-0.1, -0.05) is 15.9 Å². The Morgan fingerprint density at radius 3 is 2.48 bits per heavy atom. The standard InChI is InChI=1S/C14H9BrF3NO2/c15-8-1-2-10(16)7(3-8)6-21-14(20)9-4-11(17)12(18)5-13(9)19/h1-5H,6,19H2. The summed E-state index contributed by atoms with van der Waals surface area (Å²) in [5.41, 5.74) is 4.99. The van der Waals surface area contributed by atoms with Gasteiger partial charge in [-0.15, -0.1) is 0 Å². The fraction of sp³-hybridized carbons (Fsp3) is 0.0714. The summed E-state index contributed by atoms with van der Waals surface area (Å²) < 4.78 is 44.9. The van der Waals surface area contributed by atoms with E-state index in [1.54, 1.807) is 0 Å². The van der Waals surface area contributed by atoms with E-state index in [1.807, 2.05) is 0 Å². The average Bonchev–Trinajstić information content (AvgIpc) is 2.43. The van der Waals surface area contributed by atoms with Crippen LogP contribution in [0.5, 0.6) is 0 Å². The number of ether oxygens (including phenoxy) is 1. The van der Waals surface area contributed by atoms with Gasteiger partial charge in [-0.05, 0) is 24.3 Å². The smallest absolute Gasteiger partial charge is 0.340 e. The van der Waals surface area contributed by atoms with E-state index in [2.05, 4.69) is 15.9 Å². The van der Waals surface area contributed by atoms with Gasteiger partial charge in [-0.25, -0.2) is 18.0 Å². The summed E-state index contributed by atoms with van der Waals surface area (Å²) in [7, 11) is 0. The molecule has 0 aliphatic heterocycles. The van der Waals surface area contributed by atoms with Crippen molar-refractivity contribution in [1.29, 1.82) is 0 Å². The summed E-state index contributed by atoms with van der Waals surface area (Å²) in [6.45, 7) is -0.359. The number of hydrogen-bond acceptors (Lipinski definition) is 3. The Bertz CT molecular complexity index is 707. The van der Waals surface area contributed by atoms with Crippen LogP contribution in [0.2, 0.25) is 0 Å². The maximum atomic E-state index is 13.5.